The van der Waals surface area contributed by atoms with Gasteiger partial charge in [-0.2, -0.15) is 0 Å². The molecule has 1 aliphatic rings. The summed E-state index contributed by atoms with van der Waals surface area (Å²) in [5.41, 5.74) is 0.968. The van der Waals surface area contributed by atoms with Crippen LogP contribution in [0.5, 0.6) is 0 Å². The van der Waals surface area contributed by atoms with Crippen LogP contribution in [0.15, 0.2) is 24.3 Å². The van der Waals surface area contributed by atoms with Gasteiger partial charge in [-0.05, 0) is 36.5 Å². The van der Waals surface area contributed by atoms with Crippen LogP contribution >= 0.6 is 0 Å². The molecule has 1 heterocycles. The van der Waals surface area contributed by atoms with Gasteiger partial charge in [-0.1, -0.05) is 32.9 Å². The van der Waals surface area contributed by atoms with Gasteiger partial charge in [-0.3, -0.25) is 10.1 Å². The molecule has 0 bridgehead atoms. The number of hydrogen-bond acceptors (Lipinski definition) is 2. The lowest BCUT2D eigenvalue weighted by Crippen LogP contribution is -2.33. The third-order valence-corrected chi connectivity index (χ3v) is 3.64. The van der Waals surface area contributed by atoms with Crippen LogP contribution in [0.1, 0.15) is 45.8 Å². The zero-order valence-corrected chi connectivity index (χ0v) is 12.6. The van der Waals surface area contributed by atoms with Gasteiger partial charge < -0.3 is 4.90 Å². The number of nitrogens with zero attached hydrogens (tertiary/aromatic N) is 1. The van der Waals surface area contributed by atoms with Crippen molar-refractivity contribution in [2.24, 2.45) is 5.41 Å². The van der Waals surface area contributed by atoms with Gasteiger partial charge in [0, 0.05) is 6.54 Å². The third kappa shape index (κ3) is 3.37. The van der Waals surface area contributed by atoms with Gasteiger partial charge in [0.25, 0.3) is 0 Å². The van der Waals surface area contributed by atoms with Crippen molar-refractivity contribution in [1.29, 1.82) is 0 Å². The molecular weight excluding hydrogens is 255 g/mol. The number of rotatable bonds is 3. The molecule has 20 heavy (non-hydrogen) atoms. The number of hydrogen-bond donors (Lipinski definition) is 1. The molecule has 2 rings (SSSR count). The first-order chi connectivity index (χ1) is 9.28. The van der Waals surface area contributed by atoms with Gasteiger partial charge >= 0.3 is 0 Å². The quantitative estimate of drug-likeness (QED) is 0.921. The van der Waals surface area contributed by atoms with E-state index in [4.69, 9.17) is 0 Å². The summed E-state index contributed by atoms with van der Waals surface area (Å²) in [6, 6.07) is 6.23. The van der Waals surface area contributed by atoms with E-state index in [1.807, 2.05) is 17.9 Å². The Balaban J connectivity index is 2.19. The minimum Gasteiger partial charge on any atom is -0.322 e. The molecule has 2 atom stereocenters. The number of carbonyl (C=O) groups is 1. The van der Waals surface area contributed by atoms with Crippen LogP contribution in [0.4, 0.5) is 4.39 Å². The Bertz CT molecular complexity index is 495. The lowest BCUT2D eigenvalue weighted by atomic mass is 9.92. The molecular formula is C16H23FN2O. The number of benzene rings is 1. The second kappa shape index (κ2) is 5.52. The molecule has 0 radical (unpaired) electrons. The normalized spacial score (nSPS) is 23.4. The topological polar surface area (TPSA) is 32.3 Å². The maximum Gasteiger partial charge on any atom is 0.241 e. The highest BCUT2D eigenvalue weighted by Gasteiger charge is 2.37. The molecule has 1 aromatic carbocycles. The first kappa shape index (κ1) is 15.0. The summed E-state index contributed by atoms with van der Waals surface area (Å²) < 4.78 is 13.4. The predicted octanol–water partition coefficient (Wildman–Crippen LogP) is 3.08. The number of halogens is 1. The van der Waals surface area contributed by atoms with Crippen LogP contribution < -0.4 is 5.32 Å². The van der Waals surface area contributed by atoms with Crippen LogP contribution in [0.2, 0.25) is 0 Å². The standard InChI is InChI=1S/C16H23FN2O/c1-11-15(20)19(9-8-16(2,3)4)14(18-11)12-6-5-7-13(17)10-12/h5-7,10-11,14,18H,8-9H2,1-4H3. The van der Waals surface area contributed by atoms with Crippen molar-refractivity contribution in [3.8, 4) is 0 Å². The maximum absolute atomic E-state index is 13.4. The van der Waals surface area contributed by atoms with Crippen LogP contribution in [-0.2, 0) is 4.79 Å². The number of carbonyl (C=O) groups excluding carboxylic acids is 1. The highest BCUT2D eigenvalue weighted by molar-refractivity contribution is 5.84. The van der Waals surface area contributed by atoms with E-state index in [1.54, 1.807) is 6.07 Å². The fourth-order valence-corrected chi connectivity index (χ4v) is 2.42. The van der Waals surface area contributed by atoms with Crippen LogP contribution in [0.3, 0.4) is 0 Å². The Hall–Kier alpha value is -1.42. The molecule has 0 aromatic heterocycles. The second-order valence-electron chi connectivity index (χ2n) is 6.69. The highest BCUT2D eigenvalue weighted by Crippen LogP contribution is 2.28. The van der Waals surface area contributed by atoms with Crippen molar-refractivity contribution in [3.63, 3.8) is 0 Å². The molecule has 0 saturated carbocycles. The van der Waals surface area contributed by atoms with Gasteiger partial charge in [-0.25, -0.2) is 4.39 Å². The molecule has 1 fully saturated rings. The Morgan fingerprint density at radius 3 is 2.65 bits per heavy atom. The van der Waals surface area contributed by atoms with Crippen LogP contribution in [0.25, 0.3) is 0 Å². The highest BCUT2D eigenvalue weighted by atomic mass is 19.1. The fourth-order valence-electron chi connectivity index (χ4n) is 2.42. The number of amides is 1. The molecule has 4 heteroatoms. The smallest absolute Gasteiger partial charge is 0.241 e. The molecule has 1 N–H and O–H groups in total. The van der Waals surface area contributed by atoms with Crippen molar-refractivity contribution in [3.05, 3.63) is 35.6 Å². The first-order valence-electron chi connectivity index (χ1n) is 7.10. The SMILES string of the molecule is CC1NC(c2cccc(F)c2)N(CCC(C)(C)C)C1=O. The van der Waals surface area contributed by atoms with Crippen LogP contribution in [-0.4, -0.2) is 23.4 Å². The molecule has 0 aliphatic carbocycles. The van der Waals surface area contributed by atoms with Crippen LogP contribution in [0, 0.1) is 11.2 Å². The van der Waals surface area contributed by atoms with Gasteiger partial charge in [0.05, 0.1) is 6.04 Å². The molecule has 110 valence electrons. The lowest BCUT2D eigenvalue weighted by molar-refractivity contribution is -0.130. The summed E-state index contributed by atoms with van der Waals surface area (Å²) in [5, 5.41) is 3.24. The Kier molecular flexibility index (Phi) is 4.14. The van der Waals surface area contributed by atoms with E-state index in [0.717, 1.165) is 12.0 Å². The Morgan fingerprint density at radius 2 is 2.05 bits per heavy atom. The van der Waals surface area contributed by atoms with E-state index >= 15 is 0 Å². The van der Waals surface area contributed by atoms with E-state index in [-0.39, 0.29) is 29.3 Å². The molecule has 1 aliphatic heterocycles. The monoisotopic (exact) mass is 278 g/mol. The van der Waals surface area contributed by atoms with Gasteiger partial charge in [-0.15, -0.1) is 0 Å². The van der Waals surface area contributed by atoms with E-state index in [0.29, 0.717) is 6.54 Å². The zero-order chi connectivity index (χ0) is 14.9. The van der Waals surface area contributed by atoms with Crippen molar-refractivity contribution in [1.82, 2.24) is 10.2 Å². The molecule has 1 saturated heterocycles. The van der Waals surface area contributed by atoms with Gasteiger partial charge in [0.15, 0.2) is 0 Å². The summed E-state index contributed by atoms with van der Waals surface area (Å²) >= 11 is 0. The van der Waals surface area contributed by atoms with Crippen molar-refractivity contribution < 1.29 is 9.18 Å². The summed E-state index contributed by atoms with van der Waals surface area (Å²) in [6.45, 7) is 9.00. The number of nitrogens with one attached hydrogen (secondary N) is 1. The van der Waals surface area contributed by atoms with E-state index in [9.17, 15) is 9.18 Å². The zero-order valence-electron chi connectivity index (χ0n) is 12.6. The third-order valence-electron chi connectivity index (χ3n) is 3.64. The van der Waals surface area contributed by atoms with E-state index in [1.165, 1.54) is 12.1 Å². The minimum atomic E-state index is -0.271. The van der Waals surface area contributed by atoms with E-state index in [2.05, 4.69) is 26.1 Å². The second-order valence-corrected chi connectivity index (χ2v) is 6.69. The summed E-state index contributed by atoms with van der Waals surface area (Å²) in [7, 11) is 0. The van der Waals surface area contributed by atoms with Crippen molar-refractivity contribution >= 4 is 5.91 Å². The fraction of sp³-hybridized carbons (Fsp3) is 0.562. The Morgan fingerprint density at radius 1 is 1.35 bits per heavy atom. The predicted molar refractivity (Wildman–Crippen MR) is 77.5 cm³/mol. The Labute approximate surface area is 120 Å². The summed E-state index contributed by atoms with van der Waals surface area (Å²) in [5.74, 6) is -0.185. The van der Waals surface area contributed by atoms with E-state index < -0.39 is 0 Å². The largest absolute Gasteiger partial charge is 0.322 e. The maximum atomic E-state index is 13.4. The molecule has 1 amide bonds. The molecule has 3 nitrogen and oxygen atoms in total. The summed E-state index contributed by atoms with van der Waals surface area (Å²) in [4.78, 5) is 14.1. The summed E-state index contributed by atoms with van der Waals surface area (Å²) in [6.07, 6.45) is 0.689. The van der Waals surface area contributed by atoms with Crippen molar-refractivity contribution in [2.45, 2.75) is 46.3 Å². The lowest BCUT2D eigenvalue weighted by Gasteiger charge is -2.28. The molecule has 1 aromatic rings. The molecule has 0 spiro atoms. The average Bonchev–Trinajstić information content (AvgIpc) is 2.62. The van der Waals surface area contributed by atoms with Gasteiger partial charge in [0.1, 0.15) is 12.0 Å². The van der Waals surface area contributed by atoms with Gasteiger partial charge in [0.2, 0.25) is 5.91 Å². The van der Waals surface area contributed by atoms with Crippen molar-refractivity contribution in [2.75, 3.05) is 6.54 Å². The average molecular weight is 278 g/mol. The first-order valence-corrected chi connectivity index (χ1v) is 7.10. The minimum absolute atomic E-state index is 0.0866. The molecule has 2 unspecified atom stereocenters.